The molecule has 1 aromatic heterocycles. The van der Waals surface area contributed by atoms with E-state index in [1.807, 2.05) is 38.1 Å². The molecule has 1 N–H and O–H groups in total. The van der Waals surface area contributed by atoms with Gasteiger partial charge in [0.1, 0.15) is 5.75 Å². The smallest absolute Gasteiger partial charge is 0.225 e. The van der Waals surface area contributed by atoms with Crippen LogP contribution in [0.1, 0.15) is 21.1 Å². The van der Waals surface area contributed by atoms with Crippen LogP contribution in [0.25, 0.3) is 0 Å². The van der Waals surface area contributed by atoms with Gasteiger partial charge in [-0.1, -0.05) is 12.1 Å². The number of carbonyl (C=O) groups excluding carboxylic acids is 1. The Bertz CT molecular complexity index is 608. The summed E-state index contributed by atoms with van der Waals surface area (Å²) in [5.41, 5.74) is 1.97. The summed E-state index contributed by atoms with van der Waals surface area (Å²) in [6, 6.07) is 7.68. The number of aromatic nitrogens is 1. The van der Waals surface area contributed by atoms with Crippen molar-refractivity contribution in [3.05, 3.63) is 45.4 Å². The van der Waals surface area contributed by atoms with Crippen molar-refractivity contribution in [2.75, 3.05) is 7.11 Å². The molecule has 0 saturated heterocycles. The number of hydrogen-bond donors (Lipinski definition) is 1. The minimum Gasteiger partial charge on any atom is -0.497 e. The summed E-state index contributed by atoms with van der Waals surface area (Å²) >= 11 is 1.58. The van der Waals surface area contributed by atoms with E-state index in [1.165, 1.54) is 0 Å². The van der Waals surface area contributed by atoms with Crippen LogP contribution in [-0.2, 0) is 17.8 Å². The molecule has 1 amide bonds. The van der Waals surface area contributed by atoms with E-state index in [2.05, 4.69) is 10.3 Å². The lowest BCUT2D eigenvalue weighted by Gasteiger charge is -2.06. The lowest BCUT2D eigenvalue weighted by atomic mass is 10.2. The summed E-state index contributed by atoms with van der Waals surface area (Å²) in [5, 5.41) is 3.92. The largest absolute Gasteiger partial charge is 0.497 e. The van der Waals surface area contributed by atoms with Gasteiger partial charge in [0.15, 0.2) is 0 Å². The summed E-state index contributed by atoms with van der Waals surface area (Å²) in [6.07, 6.45) is 0.390. The summed E-state index contributed by atoms with van der Waals surface area (Å²) < 4.78 is 5.16. The number of aryl methyl sites for hydroxylation is 2. The molecule has 0 fully saturated rings. The molecule has 0 bridgehead atoms. The van der Waals surface area contributed by atoms with Gasteiger partial charge in [0, 0.05) is 11.4 Å². The molecular weight excluding hydrogens is 272 g/mol. The average molecular weight is 290 g/mol. The van der Waals surface area contributed by atoms with Crippen LogP contribution in [0.2, 0.25) is 0 Å². The lowest BCUT2D eigenvalue weighted by Crippen LogP contribution is -2.24. The predicted molar refractivity (Wildman–Crippen MR) is 80.1 cm³/mol. The van der Waals surface area contributed by atoms with Gasteiger partial charge in [-0.05, 0) is 31.5 Å². The van der Waals surface area contributed by atoms with E-state index in [9.17, 15) is 4.79 Å². The molecule has 0 radical (unpaired) electrons. The molecule has 0 aliphatic carbocycles. The number of carbonyl (C=O) groups is 1. The highest BCUT2D eigenvalue weighted by Gasteiger charge is 2.10. The van der Waals surface area contributed by atoms with Gasteiger partial charge in [-0.25, -0.2) is 4.98 Å². The maximum atomic E-state index is 11.9. The van der Waals surface area contributed by atoms with Gasteiger partial charge >= 0.3 is 0 Å². The summed E-state index contributed by atoms with van der Waals surface area (Å²) in [7, 11) is 1.63. The number of nitrogens with one attached hydrogen (secondary N) is 1. The maximum Gasteiger partial charge on any atom is 0.225 e. The van der Waals surface area contributed by atoms with E-state index in [0.29, 0.717) is 13.0 Å². The first kappa shape index (κ1) is 14.5. The molecule has 5 heteroatoms. The Morgan fingerprint density at radius 2 is 2.20 bits per heavy atom. The normalized spacial score (nSPS) is 10.3. The van der Waals surface area contributed by atoms with E-state index in [-0.39, 0.29) is 5.91 Å². The SMILES string of the molecule is COc1cccc(CNC(=O)Cc2sc(C)nc2C)c1. The molecule has 2 aromatic rings. The third-order valence-corrected chi connectivity index (χ3v) is 4.02. The first-order valence-corrected chi connectivity index (χ1v) is 7.22. The second-order valence-corrected chi connectivity index (χ2v) is 5.83. The Hall–Kier alpha value is -1.88. The van der Waals surface area contributed by atoms with Gasteiger partial charge in [0.2, 0.25) is 5.91 Å². The predicted octanol–water partition coefficient (Wildman–Crippen LogP) is 2.63. The number of benzene rings is 1. The summed E-state index contributed by atoms with van der Waals surface area (Å²) in [4.78, 5) is 17.3. The van der Waals surface area contributed by atoms with Crippen LogP contribution in [-0.4, -0.2) is 18.0 Å². The number of rotatable bonds is 5. The number of methoxy groups -OCH3 is 1. The second-order valence-electron chi connectivity index (χ2n) is 4.55. The molecule has 4 nitrogen and oxygen atoms in total. The zero-order chi connectivity index (χ0) is 14.5. The van der Waals surface area contributed by atoms with Gasteiger partial charge in [0.05, 0.1) is 24.2 Å². The molecule has 0 spiro atoms. The first-order valence-electron chi connectivity index (χ1n) is 6.41. The standard InChI is InChI=1S/C15H18N2O2S/c1-10-14(20-11(2)17-10)8-15(18)16-9-12-5-4-6-13(7-12)19-3/h4-7H,8-9H2,1-3H3,(H,16,18). The van der Waals surface area contributed by atoms with E-state index < -0.39 is 0 Å². The molecule has 1 heterocycles. The van der Waals surface area contributed by atoms with Crippen molar-refractivity contribution in [3.63, 3.8) is 0 Å². The molecular formula is C15H18N2O2S. The van der Waals surface area contributed by atoms with Crippen LogP contribution < -0.4 is 10.1 Å². The Labute approximate surface area is 122 Å². The van der Waals surface area contributed by atoms with Crippen molar-refractivity contribution in [1.82, 2.24) is 10.3 Å². The molecule has 2 rings (SSSR count). The average Bonchev–Trinajstić information content (AvgIpc) is 2.75. The monoisotopic (exact) mass is 290 g/mol. The van der Waals surface area contributed by atoms with Gasteiger partial charge in [0.25, 0.3) is 0 Å². The van der Waals surface area contributed by atoms with Crippen LogP contribution in [0, 0.1) is 13.8 Å². The Balaban J connectivity index is 1.90. The lowest BCUT2D eigenvalue weighted by molar-refractivity contribution is -0.120. The van der Waals surface area contributed by atoms with Crippen molar-refractivity contribution in [2.45, 2.75) is 26.8 Å². The topological polar surface area (TPSA) is 51.2 Å². The third kappa shape index (κ3) is 3.81. The van der Waals surface area contributed by atoms with Gasteiger partial charge in [-0.15, -0.1) is 11.3 Å². The van der Waals surface area contributed by atoms with E-state index in [0.717, 1.165) is 26.9 Å². The molecule has 20 heavy (non-hydrogen) atoms. The molecule has 0 atom stereocenters. The number of hydrogen-bond acceptors (Lipinski definition) is 4. The van der Waals surface area contributed by atoms with E-state index >= 15 is 0 Å². The molecule has 0 aliphatic heterocycles. The number of amides is 1. The van der Waals surface area contributed by atoms with Crippen LogP contribution >= 0.6 is 11.3 Å². The highest BCUT2D eigenvalue weighted by molar-refractivity contribution is 7.11. The minimum absolute atomic E-state index is 0.0135. The second kappa shape index (κ2) is 6.52. The maximum absolute atomic E-state index is 11.9. The van der Waals surface area contributed by atoms with Crippen molar-refractivity contribution in [3.8, 4) is 5.75 Å². The fraction of sp³-hybridized carbons (Fsp3) is 0.333. The first-order chi connectivity index (χ1) is 9.58. The Kier molecular flexibility index (Phi) is 4.74. The highest BCUT2D eigenvalue weighted by Crippen LogP contribution is 2.17. The van der Waals surface area contributed by atoms with Crippen molar-refractivity contribution in [1.29, 1.82) is 0 Å². The van der Waals surface area contributed by atoms with Crippen LogP contribution in [0.15, 0.2) is 24.3 Å². The van der Waals surface area contributed by atoms with Crippen molar-refractivity contribution >= 4 is 17.2 Å². The van der Waals surface area contributed by atoms with Crippen LogP contribution in [0.3, 0.4) is 0 Å². The van der Waals surface area contributed by atoms with Gasteiger partial charge < -0.3 is 10.1 Å². The van der Waals surface area contributed by atoms with Crippen molar-refractivity contribution in [2.24, 2.45) is 0 Å². The third-order valence-electron chi connectivity index (χ3n) is 2.94. The van der Waals surface area contributed by atoms with Crippen LogP contribution in [0.5, 0.6) is 5.75 Å². The van der Waals surface area contributed by atoms with E-state index in [4.69, 9.17) is 4.74 Å². The number of thiazole rings is 1. The zero-order valence-corrected chi connectivity index (χ0v) is 12.7. The molecule has 106 valence electrons. The Morgan fingerprint density at radius 1 is 1.40 bits per heavy atom. The molecule has 0 unspecified atom stereocenters. The fourth-order valence-corrected chi connectivity index (χ4v) is 2.86. The molecule has 1 aromatic carbocycles. The molecule has 0 saturated carbocycles. The van der Waals surface area contributed by atoms with Gasteiger partial charge in [-0.2, -0.15) is 0 Å². The fourth-order valence-electron chi connectivity index (χ4n) is 1.93. The molecule has 0 aliphatic rings. The summed E-state index contributed by atoms with van der Waals surface area (Å²) in [5.74, 6) is 0.810. The zero-order valence-electron chi connectivity index (χ0n) is 11.9. The van der Waals surface area contributed by atoms with Gasteiger partial charge in [-0.3, -0.25) is 4.79 Å². The number of nitrogens with zero attached hydrogens (tertiary/aromatic N) is 1. The van der Waals surface area contributed by atoms with E-state index in [1.54, 1.807) is 18.4 Å². The van der Waals surface area contributed by atoms with Crippen LogP contribution in [0.4, 0.5) is 0 Å². The Morgan fingerprint density at radius 3 is 2.85 bits per heavy atom. The quantitative estimate of drug-likeness (QED) is 0.921. The highest BCUT2D eigenvalue weighted by atomic mass is 32.1. The number of ether oxygens (including phenoxy) is 1. The summed E-state index contributed by atoms with van der Waals surface area (Å²) in [6.45, 7) is 4.40. The van der Waals surface area contributed by atoms with Crippen molar-refractivity contribution < 1.29 is 9.53 Å². The minimum atomic E-state index is 0.0135.